The smallest absolute Gasteiger partial charge is 0.285 e. The van der Waals surface area contributed by atoms with E-state index in [1.54, 1.807) is 32.2 Å². The number of halogens is 2. The zero-order valence-electron chi connectivity index (χ0n) is 11.1. The average Bonchev–Trinajstić information content (AvgIpc) is 2.39. The Morgan fingerprint density at radius 1 is 1.42 bits per heavy atom. The largest absolute Gasteiger partial charge is 0.409 e. The minimum atomic E-state index is -2.94. The third-order valence-electron chi connectivity index (χ3n) is 3.03. The molecule has 19 heavy (non-hydrogen) atoms. The molecule has 0 aliphatic carbocycles. The lowest BCUT2D eigenvalue weighted by Gasteiger charge is -2.28. The van der Waals surface area contributed by atoms with Crippen LogP contribution in [0.3, 0.4) is 0 Å². The first-order chi connectivity index (χ1) is 8.86. The lowest BCUT2D eigenvalue weighted by molar-refractivity contribution is -0.0391. The van der Waals surface area contributed by atoms with Crippen LogP contribution in [0.15, 0.2) is 35.5 Å². The average molecular weight is 271 g/mol. The SMILES string of the molecule is CC(C/C(N)=N/O)N(C)CC(F)(F)c1ccccc1. The molecule has 0 heterocycles. The van der Waals surface area contributed by atoms with Crippen LogP contribution in [0.5, 0.6) is 0 Å². The van der Waals surface area contributed by atoms with Crippen LogP contribution >= 0.6 is 0 Å². The number of likely N-dealkylation sites (N-methyl/N-ethyl adjacent to an activating group) is 1. The highest BCUT2D eigenvalue weighted by Crippen LogP contribution is 2.29. The first kappa shape index (κ1) is 15.4. The van der Waals surface area contributed by atoms with E-state index in [1.807, 2.05) is 0 Å². The summed E-state index contributed by atoms with van der Waals surface area (Å²) in [5.41, 5.74) is 5.36. The molecule has 1 atom stereocenters. The Kier molecular flexibility index (Phi) is 5.23. The molecule has 1 rings (SSSR count). The number of benzene rings is 1. The Bertz CT molecular complexity index is 423. The Morgan fingerprint density at radius 3 is 2.53 bits per heavy atom. The van der Waals surface area contributed by atoms with E-state index in [9.17, 15) is 8.78 Å². The van der Waals surface area contributed by atoms with Crippen LogP contribution in [-0.4, -0.2) is 35.6 Å². The molecule has 1 aromatic carbocycles. The number of amidine groups is 1. The van der Waals surface area contributed by atoms with E-state index in [0.29, 0.717) is 0 Å². The fraction of sp³-hybridized carbons (Fsp3) is 0.462. The fourth-order valence-electron chi connectivity index (χ4n) is 1.74. The second kappa shape index (κ2) is 6.47. The standard InChI is InChI=1S/C13H19F2N3O/c1-10(8-12(16)17-19)18(2)9-13(14,15)11-6-4-3-5-7-11/h3-7,10,19H,8-9H2,1-2H3,(H2,16,17). The van der Waals surface area contributed by atoms with E-state index in [0.717, 1.165) is 0 Å². The van der Waals surface area contributed by atoms with Gasteiger partial charge in [0, 0.05) is 18.0 Å². The van der Waals surface area contributed by atoms with E-state index in [4.69, 9.17) is 10.9 Å². The van der Waals surface area contributed by atoms with Gasteiger partial charge in [-0.05, 0) is 14.0 Å². The van der Waals surface area contributed by atoms with Gasteiger partial charge in [-0.25, -0.2) is 0 Å². The minimum absolute atomic E-state index is 0.0159. The van der Waals surface area contributed by atoms with Crippen LogP contribution in [0.2, 0.25) is 0 Å². The van der Waals surface area contributed by atoms with Crippen molar-refractivity contribution in [1.82, 2.24) is 4.90 Å². The van der Waals surface area contributed by atoms with Gasteiger partial charge in [-0.3, -0.25) is 4.90 Å². The van der Waals surface area contributed by atoms with Gasteiger partial charge in [-0.1, -0.05) is 35.5 Å². The van der Waals surface area contributed by atoms with Crippen molar-refractivity contribution in [3.8, 4) is 0 Å². The first-order valence-electron chi connectivity index (χ1n) is 5.97. The minimum Gasteiger partial charge on any atom is -0.409 e. The van der Waals surface area contributed by atoms with E-state index in [-0.39, 0.29) is 23.9 Å². The molecule has 0 aromatic heterocycles. The molecule has 0 amide bonds. The first-order valence-corrected chi connectivity index (χ1v) is 5.97. The summed E-state index contributed by atoms with van der Waals surface area (Å²) >= 11 is 0. The topological polar surface area (TPSA) is 61.9 Å². The van der Waals surface area contributed by atoms with Crippen LogP contribution in [0, 0.1) is 0 Å². The molecule has 4 nitrogen and oxygen atoms in total. The number of alkyl halides is 2. The van der Waals surface area contributed by atoms with Crippen molar-refractivity contribution >= 4 is 5.84 Å². The highest BCUT2D eigenvalue weighted by Gasteiger charge is 2.33. The van der Waals surface area contributed by atoms with E-state index in [1.165, 1.54) is 17.0 Å². The van der Waals surface area contributed by atoms with E-state index in [2.05, 4.69) is 5.16 Å². The molecule has 1 aromatic rings. The Morgan fingerprint density at radius 2 is 2.00 bits per heavy atom. The maximum absolute atomic E-state index is 14.0. The van der Waals surface area contributed by atoms with Gasteiger partial charge in [0.25, 0.3) is 5.92 Å². The number of hydrogen-bond acceptors (Lipinski definition) is 3. The lowest BCUT2D eigenvalue weighted by atomic mass is 10.1. The number of hydrogen-bond donors (Lipinski definition) is 2. The highest BCUT2D eigenvalue weighted by atomic mass is 19.3. The van der Waals surface area contributed by atoms with Crippen molar-refractivity contribution < 1.29 is 14.0 Å². The van der Waals surface area contributed by atoms with E-state index < -0.39 is 12.5 Å². The molecule has 1 unspecified atom stereocenters. The van der Waals surface area contributed by atoms with Crippen LogP contribution in [-0.2, 0) is 5.92 Å². The van der Waals surface area contributed by atoms with Crippen LogP contribution < -0.4 is 5.73 Å². The number of nitrogens with zero attached hydrogens (tertiary/aromatic N) is 2. The van der Waals surface area contributed by atoms with E-state index >= 15 is 0 Å². The third-order valence-corrected chi connectivity index (χ3v) is 3.03. The van der Waals surface area contributed by atoms with Crippen LogP contribution in [0.1, 0.15) is 18.9 Å². The van der Waals surface area contributed by atoms with Crippen molar-refractivity contribution in [1.29, 1.82) is 0 Å². The zero-order chi connectivity index (χ0) is 14.5. The predicted octanol–water partition coefficient (Wildman–Crippen LogP) is 2.24. The van der Waals surface area contributed by atoms with Gasteiger partial charge in [-0.2, -0.15) is 8.78 Å². The molecular weight excluding hydrogens is 252 g/mol. The molecule has 0 fully saturated rings. The second-order valence-corrected chi connectivity index (χ2v) is 4.63. The van der Waals surface area contributed by atoms with Gasteiger partial charge in [0.1, 0.15) is 5.84 Å². The normalized spacial score (nSPS) is 14.7. The van der Waals surface area contributed by atoms with Crippen LogP contribution in [0.4, 0.5) is 8.78 Å². The van der Waals surface area contributed by atoms with Crippen molar-refractivity contribution in [2.24, 2.45) is 10.9 Å². The summed E-state index contributed by atoms with van der Waals surface area (Å²) in [4.78, 5) is 1.49. The van der Waals surface area contributed by atoms with Crippen molar-refractivity contribution in [3.05, 3.63) is 35.9 Å². The summed E-state index contributed by atoms with van der Waals surface area (Å²) in [6, 6.07) is 7.44. The lowest BCUT2D eigenvalue weighted by Crippen LogP contribution is -2.40. The molecule has 0 aliphatic heterocycles. The third kappa shape index (κ3) is 4.48. The van der Waals surface area contributed by atoms with Gasteiger partial charge < -0.3 is 10.9 Å². The Labute approximate surface area is 111 Å². The summed E-state index contributed by atoms with van der Waals surface area (Å²) in [5.74, 6) is -2.91. The molecule has 0 radical (unpaired) electrons. The monoisotopic (exact) mass is 271 g/mol. The van der Waals surface area contributed by atoms with Crippen molar-refractivity contribution in [3.63, 3.8) is 0 Å². The maximum Gasteiger partial charge on any atom is 0.285 e. The van der Waals surface area contributed by atoms with Gasteiger partial charge in [-0.15, -0.1) is 0 Å². The van der Waals surface area contributed by atoms with Crippen molar-refractivity contribution in [2.75, 3.05) is 13.6 Å². The highest BCUT2D eigenvalue weighted by molar-refractivity contribution is 5.80. The zero-order valence-corrected chi connectivity index (χ0v) is 11.1. The molecular formula is C13H19F2N3O. The fourth-order valence-corrected chi connectivity index (χ4v) is 1.74. The molecule has 3 N–H and O–H groups in total. The van der Waals surface area contributed by atoms with Crippen molar-refractivity contribution in [2.45, 2.75) is 25.3 Å². The molecule has 0 saturated heterocycles. The summed E-state index contributed by atoms with van der Waals surface area (Å²) in [6.07, 6.45) is 0.234. The second-order valence-electron chi connectivity index (χ2n) is 4.63. The summed E-state index contributed by atoms with van der Waals surface area (Å²) in [5, 5.41) is 11.3. The molecule has 106 valence electrons. The Balaban J connectivity index is 2.67. The van der Waals surface area contributed by atoms with Gasteiger partial charge in [0.2, 0.25) is 0 Å². The van der Waals surface area contributed by atoms with Crippen LogP contribution in [0.25, 0.3) is 0 Å². The maximum atomic E-state index is 14.0. The quantitative estimate of drug-likeness (QED) is 0.361. The predicted molar refractivity (Wildman–Crippen MR) is 70.5 cm³/mol. The van der Waals surface area contributed by atoms with Gasteiger partial charge in [0.15, 0.2) is 0 Å². The van der Waals surface area contributed by atoms with Gasteiger partial charge in [0.05, 0.1) is 6.54 Å². The summed E-state index contributed by atoms with van der Waals surface area (Å²) in [7, 11) is 1.59. The summed E-state index contributed by atoms with van der Waals surface area (Å²) < 4.78 is 28.1. The molecule has 0 aliphatic rings. The Hall–Kier alpha value is -1.69. The number of rotatable bonds is 6. The summed E-state index contributed by atoms with van der Waals surface area (Å²) in [6.45, 7) is 1.33. The molecule has 6 heteroatoms. The van der Waals surface area contributed by atoms with Gasteiger partial charge >= 0.3 is 0 Å². The number of oxime groups is 1. The number of nitrogens with two attached hydrogens (primary N) is 1. The molecule has 0 saturated carbocycles. The molecule has 0 bridgehead atoms. The molecule has 0 spiro atoms.